The molecule has 2 aromatic rings. The fourth-order valence-corrected chi connectivity index (χ4v) is 2.73. The van der Waals surface area contributed by atoms with E-state index in [0.29, 0.717) is 12.3 Å². The monoisotopic (exact) mass is 288 g/mol. The number of amides is 1. The number of nitrogens with one attached hydrogen (secondary N) is 1. The first-order valence-corrected chi connectivity index (χ1v) is 7.23. The van der Waals surface area contributed by atoms with Crippen molar-refractivity contribution in [1.82, 2.24) is 29.8 Å². The standard InChI is InChI=1S/C14H20N6O/c1-8-7-9(2)20-14(16-8)17-12(18-20)13(21)19-6-5-15-10(3)11(19)4/h7,10-11,15H,5-6H2,1-4H3. The molecule has 3 rings (SSSR count). The first-order valence-electron chi connectivity index (χ1n) is 7.23. The van der Waals surface area contributed by atoms with Gasteiger partial charge in [-0.25, -0.2) is 9.50 Å². The maximum Gasteiger partial charge on any atom is 0.293 e. The predicted molar refractivity (Wildman–Crippen MR) is 78.2 cm³/mol. The highest BCUT2D eigenvalue weighted by Gasteiger charge is 2.31. The third-order valence-corrected chi connectivity index (χ3v) is 4.10. The van der Waals surface area contributed by atoms with E-state index in [0.717, 1.165) is 17.9 Å². The molecule has 3 heterocycles. The Morgan fingerprint density at radius 3 is 2.86 bits per heavy atom. The van der Waals surface area contributed by atoms with E-state index in [1.165, 1.54) is 0 Å². The lowest BCUT2D eigenvalue weighted by atomic mass is 10.1. The Bertz CT molecular complexity index is 694. The maximum absolute atomic E-state index is 12.7. The number of nitrogens with zero attached hydrogens (tertiary/aromatic N) is 5. The second kappa shape index (κ2) is 5.07. The van der Waals surface area contributed by atoms with Crippen LogP contribution in [-0.4, -0.2) is 55.6 Å². The molecule has 2 aromatic heterocycles. The summed E-state index contributed by atoms with van der Waals surface area (Å²) in [6.07, 6.45) is 0. The van der Waals surface area contributed by atoms with E-state index >= 15 is 0 Å². The predicted octanol–water partition coefficient (Wildman–Crippen LogP) is 0.564. The number of hydrogen-bond donors (Lipinski definition) is 1. The van der Waals surface area contributed by atoms with Gasteiger partial charge in [0, 0.05) is 36.6 Å². The number of aryl methyl sites for hydroxylation is 2. The molecule has 2 unspecified atom stereocenters. The summed E-state index contributed by atoms with van der Waals surface area (Å²) in [6.45, 7) is 9.42. The molecule has 1 N–H and O–H groups in total. The minimum absolute atomic E-state index is 0.119. The molecule has 1 aliphatic rings. The van der Waals surface area contributed by atoms with Crippen molar-refractivity contribution in [2.24, 2.45) is 0 Å². The molecule has 21 heavy (non-hydrogen) atoms. The Kier molecular flexibility index (Phi) is 3.36. The summed E-state index contributed by atoms with van der Waals surface area (Å²) in [5, 5.41) is 7.68. The summed E-state index contributed by atoms with van der Waals surface area (Å²) in [7, 11) is 0. The number of carbonyl (C=O) groups is 1. The van der Waals surface area contributed by atoms with Crippen molar-refractivity contribution in [3.05, 3.63) is 23.3 Å². The first-order chi connectivity index (χ1) is 9.97. The number of piperazine rings is 1. The summed E-state index contributed by atoms with van der Waals surface area (Å²) in [6, 6.07) is 2.31. The van der Waals surface area contributed by atoms with Crippen molar-refractivity contribution < 1.29 is 4.79 Å². The summed E-state index contributed by atoms with van der Waals surface area (Å²) < 4.78 is 1.62. The summed E-state index contributed by atoms with van der Waals surface area (Å²) >= 11 is 0. The van der Waals surface area contributed by atoms with E-state index in [4.69, 9.17) is 0 Å². The van der Waals surface area contributed by atoms with Gasteiger partial charge in [-0.15, -0.1) is 5.10 Å². The number of aromatic nitrogens is 4. The molecule has 7 nitrogen and oxygen atoms in total. The molecular weight excluding hydrogens is 268 g/mol. The smallest absolute Gasteiger partial charge is 0.293 e. The summed E-state index contributed by atoms with van der Waals surface area (Å²) in [4.78, 5) is 23.1. The van der Waals surface area contributed by atoms with E-state index in [-0.39, 0.29) is 23.8 Å². The third kappa shape index (κ3) is 2.37. The zero-order chi connectivity index (χ0) is 15.1. The summed E-state index contributed by atoms with van der Waals surface area (Å²) in [5.74, 6) is 0.572. The molecular formula is C14H20N6O. The average Bonchev–Trinajstić information content (AvgIpc) is 2.85. The molecule has 1 aliphatic heterocycles. The van der Waals surface area contributed by atoms with Gasteiger partial charge in [0.2, 0.25) is 5.82 Å². The molecule has 0 saturated carbocycles. The van der Waals surface area contributed by atoms with Crippen LogP contribution in [0.2, 0.25) is 0 Å². The molecule has 0 radical (unpaired) electrons. The van der Waals surface area contributed by atoms with Crippen LogP contribution in [0, 0.1) is 13.8 Å². The van der Waals surface area contributed by atoms with Crippen molar-refractivity contribution in [2.75, 3.05) is 13.1 Å². The van der Waals surface area contributed by atoms with Crippen molar-refractivity contribution in [1.29, 1.82) is 0 Å². The molecule has 0 spiro atoms. The highest BCUT2D eigenvalue weighted by atomic mass is 16.2. The van der Waals surface area contributed by atoms with Gasteiger partial charge in [-0.1, -0.05) is 0 Å². The number of rotatable bonds is 1. The number of fused-ring (bicyclic) bond motifs is 1. The van der Waals surface area contributed by atoms with E-state index < -0.39 is 0 Å². The maximum atomic E-state index is 12.7. The largest absolute Gasteiger partial charge is 0.330 e. The van der Waals surface area contributed by atoms with Crippen LogP contribution in [0.4, 0.5) is 0 Å². The van der Waals surface area contributed by atoms with Gasteiger partial charge in [0.25, 0.3) is 11.7 Å². The van der Waals surface area contributed by atoms with Gasteiger partial charge in [0.1, 0.15) is 0 Å². The Labute approximate surface area is 123 Å². The van der Waals surface area contributed by atoms with Crippen molar-refractivity contribution in [2.45, 2.75) is 39.8 Å². The molecule has 1 saturated heterocycles. The van der Waals surface area contributed by atoms with E-state index in [9.17, 15) is 4.79 Å². The van der Waals surface area contributed by atoms with Gasteiger partial charge < -0.3 is 10.2 Å². The van der Waals surface area contributed by atoms with Gasteiger partial charge in [-0.3, -0.25) is 4.79 Å². The number of carbonyl (C=O) groups excluding carboxylic acids is 1. The molecule has 1 amide bonds. The lowest BCUT2D eigenvalue weighted by molar-refractivity contribution is 0.0590. The normalized spacial score (nSPS) is 22.8. The second-order valence-electron chi connectivity index (χ2n) is 5.67. The van der Waals surface area contributed by atoms with Crippen LogP contribution in [0.5, 0.6) is 0 Å². The van der Waals surface area contributed by atoms with E-state index in [2.05, 4.69) is 27.3 Å². The van der Waals surface area contributed by atoms with Crippen molar-refractivity contribution in [3.8, 4) is 0 Å². The molecule has 112 valence electrons. The second-order valence-corrected chi connectivity index (χ2v) is 5.67. The molecule has 1 fully saturated rings. The van der Waals surface area contributed by atoms with Crippen LogP contribution in [0.3, 0.4) is 0 Å². The minimum Gasteiger partial charge on any atom is -0.330 e. The van der Waals surface area contributed by atoms with Crippen molar-refractivity contribution in [3.63, 3.8) is 0 Å². The lowest BCUT2D eigenvalue weighted by Crippen LogP contribution is -2.57. The fourth-order valence-electron chi connectivity index (χ4n) is 2.73. The Morgan fingerprint density at radius 1 is 1.33 bits per heavy atom. The third-order valence-electron chi connectivity index (χ3n) is 4.10. The van der Waals surface area contributed by atoms with Gasteiger partial charge in [-0.2, -0.15) is 4.98 Å². The molecule has 2 atom stereocenters. The highest BCUT2D eigenvalue weighted by Crippen LogP contribution is 2.13. The topological polar surface area (TPSA) is 75.4 Å². The Balaban J connectivity index is 1.96. The van der Waals surface area contributed by atoms with Crippen LogP contribution >= 0.6 is 0 Å². The quantitative estimate of drug-likeness (QED) is 0.830. The minimum atomic E-state index is -0.126. The number of hydrogen-bond acceptors (Lipinski definition) is 5. The summed E-state index contributed by atoms with van der Waals surface area (Å²) in [5.41, 5.74) is 1.79. The zero-order valence-corrected chi connectivity index (χ0v) is 12.8. The van der Waals surface area contributed by atoms with Crippen LogP contribution < -0.4 is 5.32 Å². The highest BCUT2D eigenvalue weighted by molar-refractivity contribution is 5.91. The SMILES string of the molecule is Cc1cc(C)n2nc(C(=O)N3CCNC(C)C3C)nc2n1. The van der Waals surface area contributed by atoms with Crippen molar-refractivity contribution >= 4 is 11.7 Å². The van der Waals surface area contributed by atoms with Gasteiger partial charge in [0.05, 0.1) is 0 Å². The van der Waals surface area contributed by atoms with E-state index in [1.54, 1.807) is 4.52 Å². The molecule has 0 aromatic carbocycles. The van der Waals surface area contributed by atoms with Crippen LogP contribution in [-0.2, 0) is 0 Å². The molecule has 7 heteroatoms. The Morgan fingerprint density at radius 2 is 2.10 bits per heavy atom. The average molecular weight is 288 g/mol. The van der Waals surface area contributed by atoms with Gasteiger partial charge in [0.15, 0.2) is 0 Å². The molecule has 0 bridgehead atoms. The lowest BCUT2D eigenvalue weighted by Gasteiger charge is -2.37. The molecule has 0 aliphatic carbocycles. The fraction of sp³-hybridized carbons (Fsp3) is 0.571. The first kappa shape index (κ1) is 13.9. The van der Waals surface area contributed by atoms with Gasteiger partial charge in [-0.05, 0) is 33.8 Å². The van der Waals surface area contributed by atoms with Crippen LogP contribution in [0.1, 0.15) is 35.9 Å². The van der Waals surface area contributed by atoms with E-state index in [1.807, 2.05) is 31.7 Å². The van der Waals surface area contributed by atoms with Gasteiger partial charge >= 0.3 is 0 Å². The van der Waals surface area contributed by atoms with Crippen LogP contribution in [0.25, 0.3) is 5.78 Å². The zero-order valence-electron chi connectivity index (χ0n) is 12.8. The Hall–Kier alpha value is -2.02. The van der Waals surface area contributed by atoms with Crippen LogP contribution in [0.15, 0.2) is 6.07 Å².